The Morgan fingerprint density at radius 2 is 1.72 bits per heavy atom. The molecule has 0 saturated heterocycles. The van der Waals surface area contributed by atoms with Crippen molar-refractivity contribution in [2.75, 3.05) is 23.9 Å². The lowest BCUT2D eigenvalue weighted by atomic mass is 10.1. The van der Waals surface area contributed by atoms with E-state index in [1.54, 1.807) is 36.3 Å². The minimum atomic E-state index is -0.139. The normalized spacial score (nSPS) is 10.2. The highest BCUT2D eigenvalue weighted by Gasteiger charge is 2.14. The van der Waals surface area contributed by atoms with Gasteiger partial charge in [-0.1, -0.05) is 6.07 Å². The van der Waals surface area contributed by atoms with Gasteiger partial charge in [0.25, 0.3) is 0 Å². The van der Waals surface area contributed by atoms with Gasteiger partial charge in [0.05, 0.1) is 7.11 Å². The molecular formula is C20H24N2O3. The first-order valence-electron chi connectivity index (χ1n) is 8.20. The number of methoxy groups -OCH3 is 1. The fourth-order valence-corrected chi connectivity index (χ4v) is 2.47. The maximum absolute atomic E-state index is 12.2. The number of anilines is 2. The van der Waals surface area contributed by atoms with E-state index in [2.05, 4.69) is 5.32 Å². The van der Waals surface area contributed by atoms with Gasteiger partial charge in [-0.05, 0) is 61.4 Å². The molecule has 0 aliphatic carbocycles. The fourth-order valence-electron chi connectivity index (χ4n) is 2.47. The number of aryl methyl sites for hydroxylation is 2. The van der Waals surface area contributed by atoms with Crippen LogP contribution in [-0.2, 0) is 9.59 Å². The molecule has 0 fully saturated rings. The predicted octanol–water partition coefficient (Wildman–Crippen LogP) is 3.69. The van der Waals surface area contributed by atoms with Gasteiger partial charge in [0, 0.05) is 31.3 Å². The van der Waals surface area contributed by atoms with Crippen LogP contribution in [0, 0.1) is 13.8 Å². The molecule has 1 N–H and O–H groups in total. The number of hydrogen-bond donors (Lipinski definition) is 1. The average Bonchev–Trinajstić information content (AvgIpc) is 2.58. The van der Waals surface area contributed by atoms with Crippen molar-refractivity contribution in [3.63, 3.8) is 0 Å². The zero-order chi connectivity index (χ0) is 18.4. The van der Waals surface area contributed by atoms with Crippen LogP contribution in [0.2, 0.25) is 0 Å². The van der Waals surface area contributed by atoms with E-state index in [1.807, 2.05) is 32.0 Å². The summed E-state index contributed by atoms with van der Waals surface area (Å²) in [5.74, 6) is 0.510. The van der Waals surface area contributed by atoms with E-state index in [4.69, 9.17) is 4.74 Å². The Labute approximate surface area is 148 Å². The van der Waals surface area contributed by atoms with Crippen molar-refractivity contribution in [3.8, 4) is 5.75 Å². The Morgan fingerprint density at radius 3 is 2.28 bits per heavy atom. The minimum Gasteiger partial charge on any atom is -0.497 e. The summed E-state index contributed by atoms with van der Waals surface area (Å²) in [7, 11) is 1.59. The van der Waals surface area contributed by atoms with Crippen molar-refractivity contribution in [3.05, 3.63) is 53.6 Å². The highest BCUT2D eigenvalue weighted by Crippen LogP contribution is 2.20. The van der Waals surface area contributed by atoms with Crippen molar-refractivity contribution in [1.82, 2.24) is 0 Å². The first-order valence-corrected chi connectivity index (χ1v) is 8.20. The molecule has 0 aliphatic heterocycles. The van der Waals surface area contributed by atoms with Crippen molar-refractivity contribution in [2.45, 2.75) is 27.2 Å². The lowest BCUT2D eigenvalue weighted by Crippen LogP contribution is -2.32. The predicted molar refractivity (Wildman–Crippen MR) is 100 cm³/mol. The molecule has 2 aromatic rings. The number of nitrogens with one attached hydrogen (secondary N) is 1. The summed E-state index contributed by atoms with van der Waals surface area (Å²) < 4.78 is 5.09. The van der Waals surface area contributed by atoms with E-state index in [1.165, 1.54) is 12.5 Å². The number of ether oxygens (including phenoxy) is 1. The Balaban J connectivity index is 1.99. The third-order valence-electron chi connectivity index (χ3n) is 4.12. The van der Waals surface area contributed by atoms with E-state index in [-0.39, 0.29) is 18.2 Å². The van der Waals surface area contributed by atoms with Crippen LogP contribution in [0.5, 0.6) is 5.75 Å². The zero-order valence-corrected chi connectivity index (χ0v) is 15.1. The van der Waals surface area contributed by atoms with Gasteiger partial charge in [-0.25, -0.2) is 0 Å². The fraction of sp³-hybridized carbons (Fsp3) is 0.300. The van der Waals surface area contributed by atoms with Crippen molar-refractivity contribution < 1.29 is 14.3 Å². The lowest BCUT2D eigenvalue weighted by Gasteiger charge is -2.22. The maximum Gasteiger partial charge on any atom is 0.226 e. The molecule has 2 aromatic carbocycles. The molecule has 0 spiro atoms. The number of benzene rings is 2. The molecule has 0 saturated carbocycles. The van der Waals surface area contributed by atoms with Gasteiger partial charge in [0.1, 0.15) is 5.75 Å². The monoisotopic (exact) mass is 340 g/mol. The van der Waals surface area contributed by atoms with E-state index < -0.39 is 0 Å². The first-order chi connectivity index (χ1) is 11.9. The molecule has 0 unspecified atom stereocenters. The van der Waals surface area contributed by atoms with E-state index in [0.29, 0.717) is 12.2 Å². The summed E-state index contributed by atoms with van der Waals surface area (Å²) >= 11 is 0. The second-order valence-electron chi connectivity index (χ2n) is 5.97. The zero-order valence-electron chi connectivity index (χ0n) is 15.1. The van der Waals surface area contributed by atoms with Crippen LogP contribution in [0.4, 0.5) is 11.4 Å². The highest BCUT2D eigenvalue weighted by atomic mass is 16.5. The van der Waals surface area contributed by atoms with Crippen LogP contribution in [-0.4, -0.2) is 25.5 Å². The Bertz CT molecular complexity index is 754. The standard InChI is InChI=1S/C20H24N2O3/c1-14-5-8-18(13-15(14)2)22(16(3)23)12-11-20(24)21-17-6-9-19(25-4)10-7-17/h5-10,13H,11-12H2,1-4H3,(H,21,24). The van der Waals surface area contributed by atoms with Gasteiger partial charge in [0.15, 0.2) is 0 Å². The van der Waals surface area contributed by atoms with Gasteiger partial charge in [0.2, 0.25) is 11.8 Å². The number of carbonyl (C=O) groups excluding carboxylic acids is 2. The van der Waals surface area contributed by atoms with Crippen LogP contribution in [0.15, 0.2) is 42.5 Å². The highest BCUT2D eigenvalue weighted by molar-refractivity contribution is 5.94. The second-order valence-corrected chi connectivity index (χ2v) is 5.97. The molecule has 2 rings (SSSR count). The van der Waals surface area contributed by atoms with Gasteiger partial charge in [-0.3, -0.25) is 9.59 Å². The number of amides is 2. The molecule has 0 atom stereocenters. The molecule has 0 aliphatic rings. The summed E-state index contributed by atoms with van der Waals surface area (Å²) in [6, 6.07) is 13.0. The third kappa shape index (κ3) is 5.08. The molecule has 0 radical (unpaired) electrons. The summed E-state index contributed by atoms with van der Waals surface area (Å²) in [6.07, 6.45) is 0.221. The van der Waals surface area contributed by atoms with Crippen molar-refractivity contribution >= 4 is 23.2 Å². The van der Waals surface area contributed by atoms with Crippen LogP contribution < -0.4 is 15.0 Å². The van der Waals surface area contributed by atoms with Crippen LogP contribution in [0.3, 0.4) is 0 Å². The number of hydrogen-bond acceptors (Lipinski definition) is 3. The molecule has 0 bridgehead atoms. The lowest BCUT2D eigenvalue weighted by molar-refractivity contribution is -0.117. The Morgan fingerprint density at radius 1 is 1.04 bits per heavy atom. The molecular weight excluding hydrogens is 316 g/mol. The van der Waals surface area contributed by atoms with E-state index in [0.717, 1.165) is 17.0 Å². The average molecular weight is 340 g/mol. The SMILES string of the molecule is COc1ccc(NC(=O)CCN(C(C)=O)c2ccc(C)c(C)c2)cc1. The Hall–Kier alpha value is -2.82. The van der Waals surface area contributed by atoms with Gasteiger partial charge >= 0.3 is 0 Å². The molecule has 0 aromatic heterocycles. The molecule has 5 nitrogen and oxygen atoms in total. The summed E-state index contributed by atoms with van der Waals surface area (Å²) in [4.78, 5) is 25.8. The summed E-state index contributed by atoms with van der Waals surface area (Å²) in [6.45, 7) is 5.88. The van der Waals surface area contributed by atoms with Gasteiger partial charge in [-0.2, -0.15) is 0 Å². The molecule has 2 amide bonds. The Kier molecular flexibility index (Phi) is 6.17. The summed E-state index contributed by atoms with van der Waals surface area (Å²) in [5.41, 5.74) is 3.80. The van der Waals surface area contributed by atoms with Crippen molar-refractivity contribution in [2.24, 2.45) is 0 Å². The van der Waals surface area contributed by atoms with Crippen LogP contribution in [0.1, 0.15) is 24.5 Å². The first kappa shape index (κ1) is 18.5. The van der Waals surface area contributed by atoms with Gasteiger partial charge < -0.3 is 15.0 Å². The van der Waals surface area contributed by atoms with Crippen LogP contribution in [0.25, 0.3) is 0 Å². The minimum absolute atomic E-state index is 0.0829. The van der Waals surface area contributed by atoms with Crippen molar-refractivity contribution in [1.29, 1.82) is 0 Å². The second kappa shape index (κ2) is 8.33. The van der Waals surface area contributed by atoms with Crippen LogP contribution >= 0.6 is 0 Å². The number of rotatable bonds is 6. The molecule has 0 heterocycles. The number of carbonyl (C=O) groups is 2. The molecule has 132 valence electrons. The quantitative estimate of drug-likeness (QED) is 0.872. The molecule has 25 heavy (non-hydrogen) atoms. The maximum atomic E-state index is 12.2. The van der Waals surface area contributed by atoms with E-state index in [9.17, 15) is 9.59 Å². The van der Waals surface area contributed by atoms with Gasteiger partial charge in [-0.15, -0.1) is 0 Å². The smallest absolute Gasteiger partial charge is 0.226 e. The summed E-state index contributed by atoms with van der Waals surface area (Å²) in [5, 5.41) is 2.83. The largest absolute Gasteiger partial charge is 0.497 e. The van der Waals surface area contributed by atoms with E-state index >= 15 is 0 Å². The number of nitrogens with zero attached hydrogens (tertiary/aromatic N) is 1. The topological polar surface area (TPSA) is 58.6 Å². The molecule has 5 heteroatoms. The third-order valence-corrected chi connectivity index (χ3v) is 4.12.